The van der Waals surface area contributed by atoms with Crippen LogP contribution >= 0.6 is 11.6 Å². The fourth-order valence-corrected chi connectivity index (χ4v) is 7.61. The number of rotatable bonds is 11. The first-order valence-electron chi connectivity index (χ1n) is 18.5. The van der Waals surface area contributed by atoms with Gasteiger partial charge in [0.1, 0.15) is 24.0 Å². The Kier molecular flexibility index (Phi) is 10.8. The Bertz CT molecular complexity index is 2240. The maximum Gasteiger partial charge on any atom is 0.407 e. The van der Waals surface area contributed by atoms with Crippen molar-refractivity contribution in [2.75, 3.05) is 6.61 Å². The lowest BCUT2D eigenvalue weighted by Gasteiger charge is -2.37. The summed E-state index contributed by atoms with van der Waals surface area (Å²) in [6.07, 6.45) is -0.602. The van der Waals surface area contributed by atoms with Gasteiger partial charge in [-0.3, -0.25) is 0 Å². The molecule has 278 valence electrons. The second-order valence-electron chi connectivity index (χ2n) is 14.9. The van der Waals surface area contributed by atoms with E-state index >= 15 is 0 Å². The topological polar surface area (TPSA) is 73.9 Å². The monoisotopic (exact) mass is 749 g/mol. The van der Waals surface area contributed by atoms with Crippen LogP contribution in [0.5, 0.6) is 5.75 Å². The Morgan fingerprint density at radius 1 is 0.691 bits per heavy atom. The maximum atomic E-state index is 14.9. The van der Waals surface area contributed by atoms with Crippen molar-refractivity contribution in [1.82, 2.24) is 5.32 Å². The zero-order chi connectivity index (χ0) is 38.6. The molecule has 0 bridgehead atoms. The highest BCUT2D eigenvalue weighted by Crippen LogP contribution is 2.45. The molecule has 0 spiro atoms. The van der Waals surface area contributed by atoms with Crippen LogP contribution in [-0.2, 0) is 26.3 Å². The maximum absolute atomic E-state index is 14.9. The number of carbonyl (C=O) groups excluding carboxylic acids is 2. The summed E-state index contributed by atoms with van der Waals surface area (Å²) >= 11 is 6.96. The van der Waals surface area contributed by atoms with Gasteiger partial charge in [0.2, 0.25) is 0 Å². The van der Waals surface area contributed by atoms with E-state index in [4.69, 9.17) is 25.8 Å². The summed E-state index contributed by atoms with van der Waals surface area (Å²) < 4.78 is 18.8. The molecule has 0 aromatic heterocycles. The molecule has 55 heavy (non-hydrogen) atoms. The molecule has 0 heterocycles. The number of alkyl carbamates (subject to hydrolysis) is 1. The highest BCUT2D eigenvalue weighted by Gasteiger charge is 2.44. The predicted octanol–water partition coefficient (Wildman–Crippen LogP) is 10.8. The van der Waals surface area contributed by atoms with Crippen molar-refractivity contribution in [2.45, 2.75) is 57.3 Å². The van der Waals surface area contributed by atoms with Crippen LogP contribution in [0.1, 0.15) is 65.6 Å². The fraction of sp³-hybridized carbons (Fsp3) is 0.208. The number of benzene rings is 6. The van der Waals surface area contributed by atoms with E-state index in [0.717, 1.165) is 33.4 Å². The Morgan fingerprint density at radius 2 is 1.25 bits per heavy atom. The molecule has 1 N–H and O–H groups in total. The van der Waals surface area contributed by atoms with E-state index in [0.29, 0.717) is 27.5 Å². The van der Waals surface area contributed by atoms with Crippen LogP contribution in [0.3, 0.4) is 0 Å². The van der Waals surface area contributed by atoms with E-state index in [-0.39, 0.29) is 24.5 Å². The van der Waals surface area contributed by atoms with Crippen molar-refractivity contribution < 1.29 is 23.8 Å². The number of aryl methyl sites for hydroxylation is 1. The average molecular weight is 750 g/mol. The largest absolute Gasteiger partial charge is 0.488 e. The Morgan fingerprint density at radius 3 is 1.87 bits per heavy atom. The van der Waals surface area contributed by atoms with Gasteiger partial charge in [-0.2, -0.15) is 0 Å². The van der Waals surface area contributed by atoms with E-state index < -0.39 is 23.7 Å². The number of ether oxygens (including phenoxy) is 3. The van der Waals surface area contributed by atoms with Gasteiger partial charge in [0, 0.05) is 34.1 Å². The highest BCUT2D eigenvalue weighted by molar-refractivity contribution is 6.31. The van der Waals surface area contributed by atoms with Gasteiger partial charge < -0.3 is 19.5 Å². The van der Waals surface area contributed by atoms with E-state index in [2.05, 4.69) is 29.6 Å². The van der Waals surface area contributed by atoms with Gasteiger partial charge in [0.25, 0.3) is 0 Å². The number of fused-ring (bicyclic) bond motifs is 3. The number of carbonyl (C=O) groups is 2. The molecule has 0 saturated heterocycles. The molecule has 6 aromatic rings. The van der Waals surface area contributed by atoms with Crippen LogP contribution in [0, 0.1) is 6.92 Å². The summed E-state index contributed by atoms with van der Waals surface area (Å²) in [6, 6.07) is 47.4. The van der Waals surface area contributed by atoms with Crippen molar-refractivity contribution in [2.24, 2.45) is 0 Å². The van der Waals surface area contributed by atoms with Gasteiger partial charge in [-0.15, -0.1) is 0 Å². The third-order valence-electron chi connectivity index (χ3n) is 9.85. The summed E-state index contributed by atoms with van der Waals surface area (Å²) in [7, 11) is 0. The second kappa shape index (κ2) is 15.9. The lowest BCUT2D eigenvalue weighted by molar-refractivity contribution is -0.156. The number of nitrogens with one attached hydrogen (secondary N) is 1. The molecule has 2 atom stereocenters. The van der Waals surface area contributed by atoms with Crippen molar-refractivity contribution in [3.05, 3.63) is 196 Å². The zero-order valence-electron chi connectivity index (χ0n) is 31.4. The summed E-state index contributed by atoms with van der Waals surface area (Å²) in [4.78, 5) is 28.7. The minimum atomic E-state index is -1.46. The number of hydrogen-bond acceptors (Lipinski definition) is 5. The first kappa shape index (κ1) is 37.5. The predicted molar refractivity (Wildman–Crippen MR) is 218 cm³/mol. The minimum absolute atomic E-state index is 0.0947. The molecule has 7 rings (SSSR count). The molecule has 1 aliphatic carbocycles. The molecule has 0 radical (unpaired) electrons. The zero-order valence-corrected chi connectivity index (χ0v) is 32.2. The standard InChI is InChI=1S/C48H44ClNO5/c1-32-22-26-35(27-23-32)48(34-14-6-5-7-15-34,42-20-12-13-21-43(42)49)55-45(51)44(30-33-24-28-36(29-25-33)54-47(2,3)4)50-46(52)53-31-41-39-18-10-8-16-37(39)38-17-9-11-19-40(38)41/h5-29,41,44H,30-31H2,1-4H3,(H,50,52)/t44-,48?/m0/s1. The van der Waals surface area contributed by atoms with Gasteiger partial charge in [-0.05, 0) is 73.7 Å². The van der Waals surface area contributed by atoms with Crippen molar-refractivity contribution in [3.8, 4) is 16.9 Å². The van der Waals surface area contributed by atoms with Crippen LogP contribution < -0.4 is 10.1 Å². The number of esters is 1. The Labute approximate surface area is 328 Å². The molecule has 1 unspecified atom stereocenters. The lowest BCUT2D eigenvalue weighted by atomic mass is 9.79. The first-order valence-corrected chi connectivity index (χ1v) is 18.9. The van der Waals surface area contributed by atoms with Gasteiger partial charge in [-0.25, -0.2) is 9.59 Å². The van der Waals surface area contributed by atoms with Gasteiger partial charge >= 0.3 is 12.1 Å². The molecule has 1 aliphatic rings. The fourth-order valence-electron chi connectivity index (χ4n) is 7.34. The summed E-state index contributed by atoms with van der Waals surface area (Å²) in [5, 5.41) is 3.32. The summed E-state index contributed by atoms with van der Waals surface area (Å²) in [5.74, 6) is -0.111. The third-order valence-corrected chi connectivity index (χ3v) is 10.2. The Hall–Kier alpha value is -5.85. The van der Waals surface area contributed by atoms with Gasteiger partial charge in [0.15, 0.2) is 5.60 Å². The Balaban J connectivity index is 1.23. The summed E-state index contributed by atoms with van der Waals surface area (Å²) in [5.41, 5.74) is 6.42. The van der Waals surface area contributed by atoms with Crippen LogP contribution in [0.2, 0.25) is 5.02 Å². The lowest BCUT2D eigenvalue weighted by Crippen LogP contribution is -2.47. The summed E-state index contributed by atoms with van der Waals surface area (Å²) in [6.45, 7) is 8.05. The normalized spacial score (nSPS) is 13.8. The van der Waals surface area contributed by atoms with E-state index in [9.17, 15) is 9.59 Å². The first-order chi connectivity index (χ1) is 26.5. The van der Waals surface area contributed by atoms with Crippen LogP contribution in [0.15, 0.2) is 152 Å². The van der Waals surface area contributed by atoms with Crippen molar-refractivity contribution in [1.29, 1.82) is 0 Å². The van der Waals surface area contributed by atoms with Crippen molar-refractivity contribution in [3.63, 3.8) is 0 Å². The third kappa shape index (κ3) is 8.15. The van der Waals surface area contributed by atoms with E-state index in [1.54, 1.807) is 6.07 Å². The SMILES string of the molecule is Cc1ccc(C(OC(=O)[C@H](Cc2ccc(OC(C)(C)C)cc2)NC(=O)OCC2c3ccccc3-c3ccccc32)(c2ccccc2)c2ccccc2Cl)cc1. The van der Waals surface area contributed by atoms with Crippen molar-refractivity contribution >= 4 is 23.7 Å². The number of hydrogen-bond donors (Lipinski definition) is 1. The van der Waals surface area contributed by atoms with E-state index in [1.165, 1.54) is 0 Å². The average Bonchev–Trinajstić information content (AvgIpc) is 3.50. The van der Waals surface area contributed by atoms with Crippen LogP contribution in [-0.4, -0.2) is 30.3 Å². The second-order valence-corrected chi connectivity index (χ2v) is 15.3. The minimum Gasteiger partial charge on any atom is -0.488 e. The van der Waals surface area contributed by atoms with Crippen LogP contribution in [0.25, 0.3) is 11.1 Å². The molecule has 6 nitrogen and oxygen atoms in total. The molecule has 1 amide bonds. The molecule has 0 fully saturated rings. The molecular weight excluding hydrogens is 706 g/mol. The molecule has 0 aliphatic heterocycles. The molecular formula is C48H44ClNO5. The van der Waals surface area contributed by atoms with Gasteiger partial charge in [0.05, 0.1) is 0 Å². The molecule has 7 heteroatoms. The van der Waals surface area contributed by atoms with Crippen LogP contribution in [0.4, 0.5) is 4.79 Å². The number of halogens is 1. The smallest absolute Gasteiger partial charge is 0.407 e. The molecule has 6 aromatic carbocycles. The van der Waals surface area contributed by atoms with Gasteiger partial charge in [-0.1, -0.05) is 151 Å². The van der Waals surface area contributed by atoms with E-state index in [1.807, 2.05) is 149 Å². The number of amides is 1. The quantitative estimate of drug-likeness (QED) is 0.105. The molecule has 0 saturated carbocycles. The highest BCUT2D eigenvalue weighted by atomic mass is 35.5.